The van der Waals surface area contributed by atoms with E-state index in [1.807, 2.05) is 19.1 Å². The number of hydrogen-bond donors (Lipinski definition) is 1. The predicted octanol–water partition coefficient (Wildman–Crippen LogP) is 4.15. The number of halogens is 1. The first-order valence-corrected chi connectivity index (χ1v) is 6.87. The average molecular weight is 251 g/mol. The maximum absolute atomic E-state index is 13.6. The quantitative estimate of drug-likeness (QED) is 0.801. The fraction of sp³-hybridized carbons (Fsp3) is 0.625. The number of rotatable bonds is 6. The molecule has 0 radical (unpaired) electrons. The zero-order chi connectivity index (χ0) is 13.7. The Morgan fingerprint density at radius 1 is 1.11 bits per heavy atom. The van der Waals surface area contributed by atoms with Crippen LogP contribution in [-0.2, 0) is 6.54 Å². The normalized spacial score (nSPS) is 11.8. The molecule has 18 heavy (non-hydrogen) atoms. The summed E-state index contributed by atoms with van der Waals surface area (Å²) in [7, 11) is 0. The summed E-state index contributed by atoms with van der Waals surface area (Å²) in [4.78, 5) is 0. The molecule has 1 aromatic rings. The molecule has 0 unspecified atom stereocenters. The number of aryl methyl sites for hydroxylation is 1. The molecule has 1 nitrogen and oxygen atoms in total. The average Bonchev–Trinajstić information content (AvgIpc) is 2.27. The Bertz CT molecular complexity index is 363. The van der Waals surface area contributed by atoms with Crippen LogP contribution in [0.15, 0.2) is 18.2 Å². The smallest absolute Gasteiger partial charge is 0.127 e. The Balaban J connectivity index is 2.52. The van der Waals surface area contributed by atoms with E-state index in [1.165, 1.54) is 0 Å². The van der Waals surface area contributed by atoms with Crippen LogP contribution < -0.4 is 5.32 Å². The Kier molecular flexibility index (Phi) is 5.80. The van der Waals surface area contributed by atoms with Gasteiger partial charge in [-0.15, -0.1) is 0 Å². The van der Waals surface area contributed by atoms with Crippen LogP contribution in [0.25, 0.3) is 0 Å². The zero-order valence-corrected chi connectivity index (χ0v) is 12.3. The van der Waals surface area contributed by atoms with Gasteiger partial charge in [0.1, 0.15) is 5.82 Å². The Labute approximate surface area is 111 Å². The zero-order valence-electron chi connectivity index (χ0n) is 12.3. The molecule has 0 heterocycles. The van der Waals surface area contributed by atoms with E-state index in [1.54, 1.807) is 6.07 Å². The van der Waals surface area contributed by atoms with Gasteiger partial charge in [0.15, 0.2) is 0 Å². The van der Waals surface area contributed by atoms with Crippen molar-refractivity contribution in [3.05, 3.63) is 35.1 Å². The molecule has 0 bridgehead atoms. The molecular weight excluding hydrogens is 225 g/mol. The fourth-order valence-electron chi connectivity index (χ4n) is 2.45. The molecule has 1 N–H and O–H groups in total. The Morgan fingerprint density at radius 3 is 2.28 bits per heavy atom. The first-order valence-electron chi connectivity index (χ1n) is 6.87. The highest BCUT2D eigenvalue weighted by Crippen LogP contribution is 2.19. The largest absolute Gasteiger partial charge is 0.312 e. The third kappa shape index (κ3) is 4.41. The maximum atomic E-state index is 13.6. The monoisotopic (exact) mass is 251 g/mol. The SMILES string of the molecule is Cc1ccc(F)c(CNCC(C(C)C)C(C)C)c1. The lowest BCUT2D eigenvalue weighted by atomic mass is 9.85. The van der Waals surface area contributed by atoms with Crippen LogP contribution in [0.1, 0.15) is 38.8 Å². The Hall–Kier alpha value is -0.890. The van der Waals surface area contributed by atoms with E-state index in [0.29, 0.717) is 24.3 Å². The van der Waals surface area contributed by atoms with Gasteiger partial charge in [0.25, 0.3) is 0 Å². The van der Waals surface area contributed by atoms with Gasteiger partial charge in [0, 0.05) is 12.1 Å². The van der Waals surface area contributed by atoms with Crippen molar-refractivity contribution in [2.45, 2.75) is 41.2 Å². The van der Waals surface area contributed by atoms with Crippen LogP contribution >= 0.6 is 0 Å². The molecule has 0 aromatic heterocycles. The molecule has 0 amide bonds. The number of hydrogen-bond acceptors (Lipinski definition) is 1. The molecule has 1 rings (SSSR count). The first-order chi connectivity index (χ1) is 8.41. The van der Waals surface area contributed by atoms with Crippen LogP contribution in [0, 0.1) is 30.5 Å². The van der Waals surface area contributed by atoms with Crippen molar-refractivity contribution in [3.63, 3.8) is 0 Å². The van der Waals surface area contributed by atoms with Crippen molar-refractivity contribution in [2.24, 2.45) is 17.8 Å². The molecular formula is C16H26FN. The minimum Gasteiger partial charge on any atom is -0.312 e. The van der Waals surface area contributed by atoms with Gasteiger partial charge in [0.05, 0.1) is 0 Å². The molecule has 0 fully saturated rings. The van der Waals surface area contributed by atoms with E-state index >= 15 is 0 Å². The van der Waals surface area contributed by atoms with Gasteiger partial charge in [-0.3, -0.25) is 0 Å². The highest BCUT2D eigenvalue weighted by Gasteiger charge is 2.16. The van der Waals surface area contributed by atoms with E-state index in [9.17, 15) is 4.39 Å². The summed E-state index contributed by atoms with van der Waals surface area (Å²) in [5.41, 5.74) is 1.87. The molecule has 0 aliphatic rings. The second-order valence-corrected chi connectivity index (χ2v) is 5.88. The highest BCUT2D eigenvalue weighted by atomic mass is 19.1. The number of nitrogens with one attached hydrogen (secondary N) is 1. The van der Waals surface area contributed by atoms with Crippen LogP contribution in [-0.4, -0.2) is 6.54 Å². The maximum Gasteiger partial charge on any atom is 0.127 e. The molecule has 0 saturated carbocycles. The topological polar surface area (TPSA) is 12.0 Å². The fourth-order valence-corrected chi connectivity index (χ4v) is 2.45. The van der Waals surface area contributed by atoms with Gasteiger partial charge in [-0.05, 0) is 37.3 Å². The van der Waals surface area contributed by atoms with Crippen LogP contribution in [0.2, 0.25) is 0 Å². The summed E-state index contributed by atoms with van der Waals surface area (Å²) in [5.74, 6) is 1.83. The Morgan fingerprint density at radius 2 is 1.72 bits per heavy atom. The lowest BCUT2D eigenvalue weighted by molar-refractivity contribution is 0.275. The van der Waals surface area contributed by atoms with Gasteiger partial charge in [-0.2, -0.15) is 0 Å². The van der Waals surface area contributed by atoms with Gasteiger partial charge in [-0.25, -0.2) is 4.39 Å². The van der Waals surface area contributed by atoms with Gasteiger partial charge < -0.3 is 5.32 Å². The van der Waals surface area contributed by atoms with E-state index in [4.69, 9.17) is 0 Å². The van der Waals surface area contributed by atoms with Crippen LogP contribution in [0.4, 0.5) is 4.39 Å². The van der Waals surface area contributed by atoms with E-state index in [-0.39, 0.29) is 5.82 Å². The summed E-state index contributed by atoms with van der Waals surface area (Å²) in [6.45, 7) is 12.6. The second-order valence-electron chi connectivity index (χ2n) is 5.88. The lowest BCUT2D eigenvalue weighted by Crippen LogP contribution is -2.29. The number of benzene rings is 1. The van der Waals surface area contributed by atoms with Gasteiger partial charge >= 0.3 is 0 Å². The third-order valence-corrected chi connectivity index (χ3v) is 3.61. The molecule has 0 saturated heterocycles. The van der Waals surface area contributed by atoms with Crippen molar-refractivity contribution in [2.75, 3.05) is 6.54 Å². The lowest BCUT2D eigenvalue weighted by Gasteiger charge is -2.25. The molecule has 1 aromatic carbocycles. The van der Waals surface area contributed by atoms with Crippen molar-refractivity contribution >= 4 is 0 Å². The van der Waals surface area contributed by atoms with Gasteiger partial charge in [0.2, 0.25) is 0 Å². The minimum absolute atomic E-state index is 0.112. The van der Waals surface area contributed by atoms with Crippen molar-refractivity contribution < 1.29 is 4.39 Å². The molecule has 102 valence electrons. The van der Waals surface area contributed by atoms with Crippen LogP contribution in [0.3, 0.4) is 0 Å². The first kappa shape index (κ1) is 15.2. The standard InChI is InChI=1S/C16H26FN/c1-11(2)15(12(3)4)10-18-9-14-8-13(5)6-7-16(14)17/h6-8,11-12,15,18H,9-10H2,1-5H3. The van der Waals surface area contributed by atoms with Crippen molar-refractivity contribution in [3.8, 4) is 0 Å². The molecule has 0 spiro atoms. The third-order valence-electron chi connectivity index (χ3n) is 3.61. The van der Waals surface area contributed by atoms with E-state index in [2.05, 4.69) is 33.0 Å². The second kappa shape index (κ2) is 6.89. The van der Waals surface area contributed by atoms with E-state index in [0.717, 1.165) is 17.7 Å². The minimum atomic E-state index is -0.112. The summed E-state index contributed by atoms with van der Waals surface area (Å²) in [6.07, 6.45) is 0. The molecule has 2 heteroatoms. The van der Waals surface area contributed by atoms with Crippen molar-refractivity contribution in [1.82, 2.24) is 5.32 Å². The summed E-state index contributed by atoms with van der Waals surface area (Å²) in [5, 5.41) is 3.39. The van der Waals surface area contributed by atoms with Crippen LogP contribution in [0.5, 0.6) is 0 Å². The summed E-state index contributed by atoms with van der Waals surface area (Å²) < 4.78 is 13.6. The molecule has 0 aliphatic heterocycles. The van der Waals surface area contributed by atoms with E-state index < -0.39 is 0 Å². The molecule has 0 aliphatic carbocycles. The highest BCUT2D eigenvalue weighted by molar-refractivity contribution is 5.23. The molecule has 0 atom stereocenters. The summed E-state index contributed by atoms with van der Waals surface area (Å²) >= 11 is 0. The summed E-state index contributed by atoms with van der Waals surface area (Å²) in [6, 6.07) is 5.28. The predicted molar refractivity (Wildman–Crippen MR) is 76.0 cm³/mol. The van der Waals surface area contributed by atoms with Gasteiger partial charge in [-0.1, -0.05) is 45.4 Å². The van der Waals surface area contributed by atoms with Crippen molar-refractivity contribution in [1.29, 1.82) is 0 Å².